The predicted octanol–water partition coefficient (Wildman–Crippen LogP) is 5.89. The van der Waals surface area contributed by atoms with Crippen LogP contribution >= 0.6 is 0 Å². The largest absolute Gasteiger partial charge is 0.465 e. The molecule has 0 spiro atoms. The summed E-state index contributed by atoms with van der Waals surface area (Å²) in [4.78, 5) is 12.9. The lowest BCUT2D eigenvalue weighted by atomic mass is 9.73. The number of aryl methyl sites for hydroxylation is 1. The van der Waals surface area contributed by atoms with Gasteiger partial charge < -0.3 is 19.5 Å². The first kappa shape index (κ1) is 26.4. The van der Waals surface area contributed by atoms with Crippen molar-refractivity contribution in [2.45, 2.75) is 64.2 Å². The topological polar surface area (TPSA) is 76.8 Å². The van der Waals surface area contributed by atoms with Gasteiger partial charge in [0.1, 0.15) is 6.73 Å². The normalized spacial score (nSPS) is 15.9. The number of ether oxygens (including phenoxy) is 2. The number of carbonyl (C=O) groups is 1. The molecule has 1 N–H and O–H groups in total. The number of hydrogen-bond acceptors (Lipinski definition) is 4. The molecule has 194 valence electrons. The van der Waals surface area contributed by atoms with E-state index in [0.29, 0.717) is 33.0 Å². The highest BCUT2D eigenvalue weighted by atomic mass is 28.3. The highest BCUT2D eigenvalue weighted by Gasteiger charge is 2.37. The standard InChI is InChI=1S/C28H39N3O4Si/c1-22-16-23(17-24-18-31(29-26(22)24)21-34-14-15-36(2,3)4)19-35-20-28(25-8-6-5-7-9-25)10-12-30(13-11-28)27(32)33/h5-9,16-18H,10-15,19-21H2,1-4H3,(H,32,33). The first-order valence-electron chi connectivity index (χ1n) is 12.8. The van der Waals surface area contributed by atoms with E-state index in [0.717, 1.165) is 47.5 Å². The molecular formula is C28H39N3O4Si. The van der Waals surface area contributed by atoms with Crippen LogP contribution in [0.5, 0.6) is 0 Å². The summed E-state index contributed by atoms with van der Waals surface area (Å²) in [6.07, 6.45) is 2.72. The Bertz CT molecular complexity index is 1160. The highest BCUT2D eigenvalue weighted by Crippen LogP contribution is 2.36. The maximum Gasteiger partial charge on any atom is 0.407 e. The average Bonchev–Trinajstić information content (AvgIpc) is 3.26. The monoisotopic (exact) mass is 509 g/mol. The van der Waals surface area contributed by atoms with Crippen molar-refractivity contribution >= 4 is 25.1 Å². The number of fused-ring (bicyclic) bond motifs is 1. The lowest BCUT2D eigenvalue weighted by Crippen LogP contribution is -2.46. The SMILES string of the molecule is Cc1cc(COCC2(c3ccccc3)CCN(C(=O)O)CC2)cc2cn(COCC[Si](C)(C)C)nc12. The molecule has 0 radical (unpaired) electrons. The molecule has 2 heterocycles. The number of hydrogen-bond donors (Lipinski definition) is 1. The number of piperidine rings is 1. The molecule has 36 heavy (non-hydrogen) atoms. The number of nitrogens with zero attached hydrogens (tertiary/aromatic N) is 3. The molecule has 1 aromatic heterocycles. The van der Waals surface area contributed by atoms with Crippen molar-refractivity contribution in [1.82, 2.24) is 14.7 Å². The lowest BCUT2D eigenvalue weighted by molar-refractivity contribution is 0.0369. The second kappa shape index (κ2) is 11.1. The molecule has 1 fully saturated rings. The second-order valence-corrected chi connectivity index (χ2v) is 16.9. The van der Waals surface area contributed by atoms with E-state index in [1.807, 2.05) is 29.1 Å². The van der Waals surface area contributed by atoms with Gasteiger partial charge in [-0.15, -0.1) is 0 Å². The molecule has 7 nitrogen and oxygen atoms in total. The molecule has 0 aliphatic carbocycles. The van der Waals surface area contributed by atoms with Crippen LogP contribution < -0.4 is 0 Å². The van der Waals surface area contributed by atoms with Gasteiger partial charge in [-0.2, -0.15) is 5.10 Å². The fourth-order valence-corrected chi connectivity index (χ4v) is 5.68. The Kier molecular flexibility index (Phi) is 8.17. The summed E-state index contributed by atoms with van der Waals surface area (Å²) in [7, 11) is -1.10. The van der Waals surface area contributed by atoms with E-state index in [1.54, 1.807) is 0 Å². The number of carboxylic acid groups (broad SMARTS) is 1. The molecule has 8 heteroatoms. The van der Waals surface area contributed by atoms with Gasteiger partial charge in [0.2, 0.25) is 0 Å². The average molecular weight is 510 g/mol. The fourth-order valence-electron chi connectivity index (χ4n) is 4.92. The Morgan fingerprint density at radius 3 is 2.50 bits per heavy atom. The Balaban J connectivity index is 1.40. The van der Waals surface area contributed by atoms with Crippen LogP contribution in [0.25, 0.3) is 10.9 Å². The summed E-state index contributed by atoms with van der Waals surface area (Å²) < 4.78 is 14.1. The van der Waals surface area contributed by atoms with Gasteiger partial charge in [-0.25, -0.2) is 9.48 Å². The molecule has 1 aliphatic heterocycles. The molecule has 0 bridgehead atoms. The Morgan fingerprint density at radius 1 is 1.11 bits per heavy atom. The molecular weight excluding hydrogens is 470 g/mol. The molecule has 0 atom stereocenters. The minimum absolute atomic E-state index is 0.176. The number of aromatic nitrogens is 2. The zero-order valence-electron chi connectivity index (χ0n) is 22.0. The van der Waals surface area contributed by atoms with Crippen molar-refractivity contribution in [2.75, 3.05) is 26.3 Å². The maximum atomic E-state index is 11.4. The summed E-state index contributed by atoms with van der Waals surface area (Å²) in [5, 5.41) is 15.2. The van der Waals surface area contributed by atoms with E-state index in [1.165, 1.54) is 10.5 Å². The van der Waals surface area contributed by atoms with E-state index in [4.69, 9.17) is 14.6 Å². The molecule has 1 saturated heterocycles. The van der Waals surface area contributed by atoms with Crippen molar-refractivity contribution < 1.29 is 19.4 Å². The highest BCUT2D eigenvalue weighted by molar-refractivity contribution is 6.76. The van der Waals surface area contributed by atoms with Gasteiger partial charge in [-0.1, -0.05) is 56.0 Å². The number of amides is 1. The number of rotatable bonds is 10. The van der Waals surface area contributed by atoms with E-state index < -0.39 is 14.2 Å². The Hall–Kier alpha value is -2.68. The van der Waals surface area contributed by atoms with Crippen LogP contribution in [-0.2, 0) is 28.2 Å². The molecule has 3 aromatic rings. The summed E-state index contributed by atoms with van der Waals surface area (Å²) in [5.74, 6) is 0. The number of likely N-dealkylation sites (tertiary alicyclic amines) is 1. The fraction of sp³-hybridized carbons (Fsp3) is 0.500. The van der Waals surface area contributed by atoms with E-state index in [-0.39, 0.29) is 5.41 Å². The Morgan fingerprint density at radius 2 is 1.83 bits per heavy atom. The Labute approximate surface area is 215 Å². The lowest BCUT2D eigenvalue weighted by Gasteiger charge is -2.41. The third kappa shape index (κ3) is 6.54. The minimum atomic E-state index is -1.10. The van der Waals surface area contributed by atoms with Crippen LogP contribution in [-0.4, -0.2) is 60.3 Å². The van der Waals surface area contributed by atoms with Crippen molar-refractivity contribution in [2.24, 2.45) is 0 Å². The van der Waals surface area contributed by atoms with Gasteiger partial charge in [-0.3, -0.25) is 0 Å². The van der Waals surface area contributed by atoms with Crippen LogP contribution in [0.15, 0.2) is 48.7 Å². The quantitative estimate of drug-likeness (QED) is 0.273. The van der Waals surface area contributed by atoms with E-state index >= 15 is 0 Å². The van der Waals surface area contributed by atoms with E-state index in [9.17, 15) is 9.90 Å². The summed E-state index contributed by atoms with van der Waals surface area (Å²) in [5.41, 5.74) is 4.28. The first-order chi connectivity index (χ1) is 17.2. The summed E-state index contributed by atoms with van der Waals surface area (Å²) in [6, 6.07) is 15.8. The zero-order chi connectivity index (χ0) is 25.8. The third-order valence-corrected chi connectivity index (χ3v) is 8.85. The van der Waals surface area contributed by atoms with Gasteiger partial charge in [0.05, 0.1) is 18.7 Å². The minimum Gasteiger partial charge on any atom is -0.465 e. The van der Waals surface area contributed by atoms with Crippen LogP contribution in [0.3, 0.4) is 0 Å². The van der Waals surface area contributed by atoms with Crippen LogP contribution in [0.4, 0.5) is 4.79 Å². The first-order valence-corrected chi connectivity index (χ1v) is 16.5. The molecule has 0 saturated carbocycles. The van der Waals surface area contributed by atoms with Gasteiger partial charge in [-0.05, 0) is 48.6 Å². The smallest absolute Gasteiger partial charge is 0.407 e. The van der Waals surface area contributed by atoms with E-state index in [2.05, 4.69) is 50.8 Å². The maximum absolute atomic E-state index is 11.4. The second-order valence-electron chi connectivity index (χ2n) is 11.3. The molecule has 0 unspecified atom stereocenters. The van der Waals surface area contributed by atoms with Crippen LogP contribution in [0.2, 0.25) is 25.7 Å². The predicted molar refractivity (Wildman–Crippen MR) is 145 cm³/mol. The van der Waals surface area contributed by atoms with Gasteiger partial charge in [0.25, 0.3) is 0 Å². The van der Waals surface area contributed by atoms with Crippen LogP contribution in [0.1, 0.15) is 29.5 Å². The summed E-state index contributed by atoms with van der Waals surface area (Å²) in [6.45, 7) is 12.5. The van der Waals surface area contributed by atoms with Crippen molar-refractivity contribution in [3.8, 4) is 0 Å². The van der Waals surface area contributed by atoms with Crippen molar-refractivity contribution in [3.05, 3.63) is 65.4 Å². The van der Waals surface area contributed by atoms with Gasteiger partial charge in [0, 0.05) is 44.8 Å². The van der Waals surface area contributed by atoms with Crippen molar-refractivity contribution in [3.63, 3.8) is 0 Å². The van der Waals surface area contributed by atoms with Gasteiger partial charge in [0.15, 0.2) is 0 Å². The zero-order valence-corrected chi connectivity index (χ0v) is 23.0. The molecule has 4 rings (SSSR count). The van der Waals surface area contributed by atoms with Crippen LogP contribution in [0, 0.1) is 6.92 Å². The molecule has 2 aromatic carbocycles. The van der Waals surface area contributed by atoms with Crippen molar-refractivity contribution in [1.29, 1.82) is 0 Å². The van der Waals surface area contributed by atoms with Gasteiger partial charge >= 0.3 is 6.09 Å². The molecule has 1 aliphatic rings. The molecule has 1 amide bonds. The number of benzene rings is 2. The summed E-state index contributed by atoms with van der Waals surface area (Å²) >= 11 is 0. The third-order valence-electron chi connectivity index (χ3n) is 7.15.